The molecule has 62 heavy (non-hydrogen) atoms. The lowest BCUT2D eigenvalue weighted by Gasteiger charge is -2.21. The molecule has 2 aliphatic rings. The van der Waals surface area contributed by atoms with E-state index >= 15 is 0 Å². The van der Waals surface area contributed by atoms with E-state index < -0.39 is 23.6 Å². The first-order valence-electron chi connectivity index (χ1n) is 19.7. The molecular weight excluding hydrogens is 783 g/mol. The lowest BCUT2D eigenvalue weighted by Crippen LogP contribution is -2.29. The smallest absolute Gasteiger partial charge is 0.266 e. The molecule has 0 aromatic heterocycles. The third kappa shape index (κ3) is 6.38. The van der Waals surface area contributed by atoms with Crippen molar-refractivity contribution in [3.05, 3.63) is 161 Å². The van der Waals surface area contributed by atoms with Gasteiger partial charge in [0.15, 0.2) is 11.5 Å². The van der Waals surface area contributed by atoms with Crippen LogP contribution in [0.15, 0.2) is 133 Å². The van der Waals surface area contributed by atoms with Crippen molar-refractivity contribution in [2.24, 2.45) is 0 Å². The van der Waals surface area contributed by atoms with Gasteiger partial charge >= 0.3 is 0 Å². The van der Waals surface area contributed by atoms with E-state index in [4.69, 9.17) is 24.7 Å². The van der Waals surface area contributed by atoms with Gasteiger partial charge in [-0.1, -0.05) is 66.2 Å². The van der Waals surface area contributed by atoms with E-state index in [0.29, 0.717) is 78.9 Å². The molecule has 9 rings (SSSR count). The van der Waals surface area contributed by atoms with Crippen LogP contribution in [0.2, 0.25) is 0 Å². The summed E-state index contributed by atoms with van der Waals surface area (Å²) in [4.78, 5) is 57.5. The molecule has 306 valence electrons. The van der Waals surface area contributed by atoms with Crippen molar-refractivity contribution in [1.82, 2.24) is 0 Å². The number of imide groups is 2. The summed E-state index contributed by atoms with van der Waals surface area (Å²) in [7, 11) is 6.02. The predicted molar refractivity (Wildman–Crippen MR) is 239 cm³/mol. The molecule has 0 saturated heterocycles. The molecule has 0 saturated carbocycles. The predicted octanol–water partition coefficient (Wildman–Crippen LogP) is 9.88. The fourth-order valence-corrected chi connectivity index (χ4v) is 8.18. The highest BCUT2D eigenvalue weighted by molar-refractivity contribution is 6.36. The Morgan fingerprint density at radius 1 is 0.371 bits per heavy atom. The van der Waals surface area contributed by atoms with Gasteiger partial charge in [-0.2, -0.15) is 0 Å². The molecule has 0 atom stereocenters. The number of nitrogen functional groups attached to an aromatic ring is 1. The standard InChI is InChI=1S/C51H39N3O8/c1-28-6-8-29(9-7-28)31-12-18-38-40(24-31)50(57)53(48(38)55)42-22-14-33(26-44(42)59-2)36-20-21-37(47(62-5)46(36)61-4)34-15-23-43(45(27-34)60-3)54-49(56)39-19-13-32(25-41(39)51(54)58)30-10-16-35(52)17-11-30/h6-27H,52H2,1-5H3. The first-order chi connectivity index (χ1) is 30.0. The highest BCUT2D eigenvalue weighted by Gasteiger charge is 2.40. The summed E-state index contributed by atoms with van der Waals surface area (Å²) < 4.78 is 23.5. The van der Waals surface area contributed by atoms with E-state index in [9.17, 15) is 19.2 Å². The number of ether oxygens (including phenoxy) is 4. The Hall–Kier alpha value is -8.18. The molecule has 2 N–H and O–H groups in total. The first kappa shape index (κ1) is 39.3. The summed E-state index contributed by atoms with van der Waals surface area (Å²) in [6.45, 7) is 2.01. The van der Waals surface area contributed by atoms with Gasteiger partial charge in [0.05, 0.1) is 62.1 Å². The lowest BCUT2D eigenvalue weighted by atomic mass is 9.96. The number of nitrogens with two attached hydrogens (primary N) is 1. The molecule has 0 bridgehead atoms. The van der Waals surface area contributed by atoms with Crippen LogP contribution in [0.25, 0.3) is 44.5 Å². The van der Waals surface area contributed by atoms with Crippen LogP contribution in [-0.2, 0) is 0 Å². The largest absolute Gasteiger partial charge is 0.495 e. The number of carbonyl (C=O) groups is 4. The van der Waals surface area contributed by atoms with E-state index in [1.807, 2.05) is 67.6 Å². The van der Waals surface area contributed by atoms with Crippen LogP contribution >= 0.6 is 0 Å². The Labute approximate surface area is 357 Å². The first-order valence-corrected chi connectivity index (χ1v) is 19.7. The van der Waals surface area contributed by atoms with E-state index in [-0.39, 0.29) is 5.69 Å². The average Bonchev–Trinajstić information content (AvgIpc) is 3.70. The molecule has 2 aliphatic heterocycles. The monoisotopic (exact) mass is 821 g/mol. The number of aryl methyl sites for hydroxylation is 1. The average molecular weight is 822 g/mol. The van der Waals surface area contributed by atoms with E-state index in [2.05, 4.69) is 0 Å². The molecule has 11 heteroatoms. The van der Waals surface area contributed by atoms with Gasteiger partial charge in [0.2, 0.25) is 0 Å². The second-order valence-corrected chi connectivity index (χ2v) is 14.9. The summed E-state index contributed by atoms with van der Waals surface area (Å²) >= 11 is 0. The zero-order valence-corrected chi connectivity index (χ0v) is 34.4. The Bertz CT molecular complexity index is 2810. The molecule has 0 fully saturated rings. The Morgan fingerprint density at radius 3 is 1.13 bits per heavy atom. The van der Waals surface area contributed by atoms with Crippen LogP contribution in [0.3, 0.4) is 0 Å². The van der Waals surface area contributed by atoms with Crippen LogP contribution in [0.5, 0.6) is 23.0 Å². The van der Waals surface area contributed by atoms with Crippen LogP contribution in [0, 0.1) is 6.92 Å². The van der Waals surface area contributed by atoms with Crippen LogP contribution in [-0.4, -0.2) is 52.1 Å². The Kier molecular flexibility index (Phi) is 9.79. The quantitative estimate of drug-likeness (QED) is 0.106. The number of anilines is 3. The molecule has 0 radical (unpaired) electrons. The van der Waals surface area contributed by atoms with Crippen molar-refractivity contribution < 1.29 is 38.1 Å². The van der Waals surface area contributed by atoms with Gasteiger partial charge in [0, 0.05) is 16.8 Å². The van der Waals surface area contributed by atoms with Gasteiger partial charge in [-0.25, -0.2) is 9.80 Å². The molecule has 11 nitrogen and oxygen atoms in total. The fraction of sp³-hybridized carbons (Fsp3) is 0.0980. The van der Waals surface area contributed by atoms with Crippen molar-refractivity contribution in [3.63, 3.8) is 0 Å². The number of nitrogens with zero attached hydrogens (tertiary/aromatic N) is 2. The Balaban J connectivity index is 1.02. The van der Waals surface area contributed by atoms with E-state index in [1.54, 1.807) is 72.8 Å². The molecule has 7 aromatic rings. The minimum absolute atomic E-state index is 0.288. The van der Waals surface area contributed by atoms with Crippen LogP contribution < -0.4 is 34.5 Å². The second kappa shape index (κ2) is 15.4. The van der Waals surface area contributed by atoms with Crippen molar-refractivity contribution in [2.45, 2.75) is 6.92 Å². The van der Waals surface area contributed by atoms with Crippen molar-refractivity contribution in [1.29, 1.82) is 0 Å². The molecule has 4 amide bonds. The molecule has 2 heterocycles. The number of benzene rings is 7. The normalized spacial score (nSPS) is 13.0. The van der Waals surface area contributed by atoms with Gasteiger partial charge in [0.1, 0.15) is 11.5 Å². The summed E-state index contributed by atoms with van der Waals surface area (Å²) in [5, 5.41) is 0. The summed E-state index contributed by atoms with van der Waals surface area (Å²) in [6.07, 6.45) is 0. The third-order valence-corrected chi connectivity index (χ3v) is 11.4. The zero-order valence-electron chi connectivity index (χ0n) is 34.4. The molecule has 0 aliphatic carbocycles. The SMILES string of the molecule is COc1cc(-c2ccc(-c3ccc(N4C(=O)c5ccc(-c6ccc(N)cc6)cc5C4=O)c(OC)c3)c(OC)c2OC)ccc1N1C(=O)c2ccc(-c3ccc(C)cc3)cc2C1=O. The number of hydrogen-bond acceptors (Lipinski definition) is 9. The molecular formula is C51H39N3O8. The highest BCUT2D eigenvalue weighted by atomic mass is 16.5. The number of rotatable bonds is 10. The molecule has 7 aromatic carbocycles. The Morgan fingerprint density at radius 2 is 0.726 bits per heavy atom. The minimum atomic E-state index is -0.464. The maximum atomic E-state index is 13.9. The number of hydrogen-bond donors (Lipinski definition) is 1. The van der Waals surface area contributed by atoms with Gasteiger partial charge in [-0.15, -0.1) is 0 Å². The number of fused-ring (bicyclic) bond motifs is 2. The second-order valence-electron chi connectivity index (χ2n) is 14.9. The van der Waals surface area contributed by atoms with Crippen molar-refractivity contribution in [2.75, 3.05) is 44.0 Å². The van der Waals surface area contributed by atoms with E-state index in [1.165, 1.54) is 28.4 Å². The third-order valence-electron chi connectivity index (χ3n) is 11.4. The van der Waals surface area contributed by atoms with Crippen molar-refractivity contribution >= 4 is 40.7 Å². The van der Waals surface area contributed by atoms with Gasteiger partial charge in [-0.3, -0.25) is 19.2 Å². The molecule has 0 unspecified atom stereocenters. The van der Waals surface area contributed by atoms with Gasteiger partial charge in [-0.05, 0) is 113 Å². The van der Waals surface area contributed by atoms with Crippen molar-refractivity contribution in [3.8, 4) is 67.5 Å². The number of carbonyl (C=O) groups excluding carboxylic acids is 4. The van der Waals surface area contributed by atoms with Crippen LogP contribution in [0.4, 0.5) is 17.1 Å². The van der Waals surface area contributed by atoms with Gasteiger partial charge < -0.3 is 24.7 Å². The topological polar surface area (TPSA) is 138 Å². The maximum Gasteiger partial charge on any atom is 0.266 e. The van der Waals surface area contributed by atoms with Gasteiger partial charge in [0.25, 0.3) is 23.6 Å². The zero-order chi connectivity index (χ0) is 43.4. The summed E-state index contributed by atoms with van der Waals surface area (Å²) in [5.74, 6) is -0.400. The lowest BCUT2D eigenvalue weighted by molar-refractivity contribution is 0.0909. The number of amides is 4. The summed E-state index contributed by atoms with van der Waals surface area (Å²) in [5.41, 5.74) is 15.5. The van der Waals surface area contributed by atoms with Crippen LogP contribution in [0.1, 0.15) is 47.0 Å². The fourth-order valence-electron chi connectivity index (χ4n) is 8.18. The minimum Gasteiger partial charge on any atom is -0.495 e. The highest BCUT2D eigenvalue weighted by Crippen LogP contribution is 2.48. The molecule has 0 spiro atoms. The maximum absolute atomic E-state index is 13.9. The summed E-state index contributed by atoms with van der Waals surface area (Å²) in [6, 6.07) is 39.9. The van der Waals surface area contributed by atoms with E-state index in [0.717, 1.165) is 37.6 Å². The number of methoxy groups -OCH3 is 4.